The normalized spacial score (nSPS) is 18.1. The Balaban J connectivity index is 1.65. The summed E-state index contributed by atoms with van der Waals surface area (Å²) >= 11 is 0. The third kappa shape index (κ3) is 3.05. The molecule has 2 N–H and O–H groups in total. The summed E-state index contributed by atoms with van der Waals surface area (Å²) in [5, 5.41) is 12.5. The van der Waals surface area contributed by atoms with Gasteiger partial charge in [0.05, 0.1) is 12.3 Å². The maximum atomic E-state index is 9.25. The van der Waals surface area contributed by atoms with Gasteiger partial charge in [0.2, 0.25) is 0 Å². The number of hydrogen-bond acceptors (Lipinski definition) is 5. The van der Waals surface area contributed by atoms with Crippen LogP contribution in [0, 0.1) is 0 Å². The standard InChI is InChI=1S/C15H17N3O2/c19-13-3-1-11(2-4-13)8-16-15-7-14(17-10-18-15)12-5-6-20-9-12/h1-4,7,10,12,19H,5-6,8-9H2,(H,16,17,18)/t12-/m0/s1. The van der Waals surface area contributed by atoms with E-state index in [-0.39, 0.29) is 5.75 Å². The first-order valence-electron chi connectivity index (χ1n) is 6.73. The maximum Gasteiger partial charge on any atom is 0.129 e. The Morgan fingerprint density at radius 3 is 2.85 bits per heavy atom. The summed E-state index contributed by atoms with van der Waals surface area (Å²) < 4.78 is 5.39. The van der Waals surface area contributed by atoms with Gasteiger partial charge in [0.25, 0.3) is 0 Å². The van der Waals surface area contributed by atoms with E-state index in [1.165, 1.54) is 0 Å². The summed E-state index contributed by atoms with van der Waals surface area (Å²) in [4.78, 5) is 8.55. The number of nitrogens with zero attached hydrogens (tertiary/aromatic N) is 2. The van der Waals surface area contributed by atoms with Gasteiger partial charge in [-0.25, -0.2) is 9.97 Å². The van der Waals surface area contributed by atoms with Crippen molar-refractivity contribution in [2.24, 2.45) is 0 Å². The van der Waals surface area contributed by atoms with Gasteiger partial charge in [0.1, 0.15) is 17.9 Å². The molecule has 2 aromatic rings. The van der Waals surface area contributed by atoms with E-state index >= 15 is 0 Å². The third-order valence-corrected chi connectivity index (χ3v) is 3.45. The first-order chi connectivity index (χ1) is 9.81. The second-order valence-corrected chi connectivity index (χ2v) is 4.91. The van der Waals surface area contributed by atoms with Gasteiger partial charge >= 0.3 is 0 Å². The first-order valence-corrected chi connectivity index (χ1v) is 6.73. The summed E-state index contributed by atoms with van der Waals surface area (Å²) in [6.07, 6.45) is 2.61. The highest BCUT2D eigenvalue weighted by Gasteiger charge is 2.19. The molecule has 0 amide bonds. The fraction of sp³-hybridized carbons (Fsp3) is 0.333. The van der Waals surface area contributed by atoms with Crippen LogP contribution in [0.15, 0.2) is 36.7 Å². The number of anilines is 1. The van der Waals surface area contributed by atoms with Gasteiger partial charge in [-0.15, -0.1) is 0 Å². The second-order valence-electron chi connectivity index (χ2n) is 4.91. The van der Waals surface area contributed by atoms with Crippen molar-refractivity contribution in [2.75, 3.05) is 18.5 Å². The Labute approximate surface area is 117 Å². The average Bonchev–Trinajstić information content (AvgIpc) is 3.01. The molecule has 1 atom stereocenters. The molecule has 104 valence electrons. The van der Waals surface area contributed by atoms with Gasteiger partial charge in [-0.05, 0) is 24.1 Å². The van der Waals surface area contributed by atoms with Crippen LogP contribution in [-0.4, -0.2) is 28.3 Å². The van der Waals surface area contributed by atoms with E-state index in [0.717, 1.165) is 36.7 Å². The van der Waals surface area contributed by atoms with Crippen molar-refractivity contribution in [3.63, 3.8) is 0 Å². The van der Waals surface area contributed by atoms with E-state index < -0.39 is 0 Å². The number of hydrogen-bond donors (Lipinski definition) is 2. The Bertz CT molecular complexity index is 566. The van der Waals surface area contributed by atoms with Crippen LogP contribution in [0.2, 0.25) is 0 Å². The lowest BCUT2D eigenvalue weighted by atomic mass is 10.1. The molecule has 1 fully saturated rings. The molecule has 1 aliphatic rings. The van der Waals surface area contributed by atoms with Crippen LogP contribution < -0.4 is 5.32 Å². The highest BCUT2D eigenvalue weighted by Crippen LogP contribution is 2.24. The van der Waals surface area contributed by atoms with Crippen molar-refractivity contribution in [1.29, 1.82) is 0 Å². The lowest BCUT2D eigenvalue weighted by molar-refractivity contribution is 0.193. The van der Waals surface area contributed by atoms with Gasteiger partial charge in [-0.2, -0.15) is 0 Å². The Hall–Kier alpha value is -2.14. The Kier molecular flexibility index (Phi) is 3.78. The third-order valence-electron chi connectivity index (χ3n) is 3.45. The number of phenols is 1. The minimum atomic E-state index is 0.277. The SMILES string of the molecule is Oc1ccc(CNc2cc([C@H]3CCOC3)ncn2)cc1. The molecule has 0 unspecified atom stereocenters. The summed E-state index contributed by atoms with van der Waals surface area (Å²) in [6, 6.07) is 9.11. The topological polar surface area (TPSA) is 67.3 Å². The number of aromatic nitrogens is 2. The van der Waals surface area contributed by atoms with Crippen LogP contribution in [-0.2, 0) is 11.3 Å². The second kappa shape index (κ2) is 5.88. The maximum absolute atomic E-state index is 9.25. The molecule has 0 bridgehead atoms. The predicted octanol–water partition coefficient (Wildman–Crippen LogP) is 2.30. The monoisotopic (exact) mass is 271 g/mol. The zero-order valence-corrected chi connectivity index (χ0v) is 11.1. The van der Waals surface area contributed by atoms with Crippen LogP contribution in [0.1, 0.15) is 23.6 Å². The minimum Gasteiger partial charge on any atom is -0.508 e. The van der Waals surface area contributed by atoms with Gasteiger partial charge in [-0.3, -0.25) is 0 Å². The number of benzene rings is 1. The van der Waals surface area contributed by atoms with Crippen molar-refractivity contribution < 1.29 is 9.84 Å². The molecular weight excluding hydrogens is 254 g/mol. The van der Waals surface area contributed by atoms with Crippen LogP contribution in [0.5, 0.6) is 5.75 Å². The van der Waals surface area contributed by atoms with Crippen molar-refractivity contribution in [1.82, 2.24) is 9.97 Å². The lowest BCUT2D eigenvalue weighted by Gasteiger charge is -2.10. The van der Waals surface area contributed by atoms with Crippen LogP contribution in [0.3, 0.4) is 0 Å². The molecule has 5 nitrogen and oxygen atoms in total. The van der Waals surface area contributed by atoms with Crippen LogP contribution >= 0.6 is 0 Å². The summed E-state index contributed by atoms with van der Waals surface area (Å²) in [5.74, 6) is 1.47. The molecule has 5 heteroatoms. The Morgan fingerprint density at radius 2 is 2.10 bits per heavy atom. The van der Waals surface area contributed by atoms with Crippen molar-refractivity contribution in [2.45, 2.75) is 18.9 Å². The van der Waals surface area contributed by atoms with E-state index in [4.69, 9.17) is 4.74 Å². The minimum absolute atomic E-state index is 0.277. The molecule has 20 heavy (non-hydrogen) atoms. The molecule has 2 heterocycles. The molecular formula is C15H17N3O2. The van der Waals surface area contributed by atoms with Gasteiger partial charge in [0.15, 0.2) is 0 Å². The zero-order chi connectivity index (χ0) is 13.8. The number of rotatable bonds is 4. The molecule has 1 aliphatic heterocycles. The summed E-state index contributed by atoms with van der Waals surface area (Å²) in [5.41, 5.74) is 2.12. The number of nitrogens with one attached hydrogen (secondary N) is 1. The molecule has 1 aromatic heterocycles. The summed E-state index contributed by atoms with van der Waals surface area (Å²) in [6.45, 7) is 2.22. The fourth-order valence-electron chi connectivity index (χ4n) is 2.27. The fourth-order valence-corrected chi connectivity index (χ4v) is 2.27. The quantitative estimate of drug-likeness (QED) is 0.893. The predicted molar refractivity (Wildman–Crippen MR) is 75.6 cm³/mol. The van der Waals surface area contributed by atoms with Crippen LogP contribution in [0.4, 0.5) is 5.82 Å². The zero-order valence-electron chi connectivity index (χ0n) is 11.1. The molecule has 0 aliphatic carbocycles. The number of phenolic OH excluding ortho intramolecular Hbond substituents is 1. The molecule has 1 aromatic carbocycles. The molecule has 3 rings (SSSR count). The molecule has 0 saturated carbocycles. The van der Waals surface area contributed by atoms with E-state index in [9.17, 15) is 5.11 Å². The van der Waals surface area contributed by atoms with E-state index in [1.54, 1.807) is 18.5 Å². The average molecular weight is 271 g/mol. The van der Waals surface area contributed by atoms with E-state index in [1.807, 2.05) is 18.2 Å². The summed E-state index contributed by atoms with van der Waals surface area (Å²) in [7, 11) is 0. The number of aromatic hydroxyl groups is 1. The number of ether oxygens (including phenoxy) is 1. The van der Waals surface area contributed by atoms with Gasteiger partial charge < -0.3 is 15.2 Å². The van der Waals surface area contributed by atoms with Crippen molar-refractivity contribution >= 4 is 5.82 Å². The Morgan fingerprint density at radius 1 is 1.25 bits per heavy atom. The van der Waals surface area contributed by atoms with Gasteiger partial charge in [-0.1, -0.05) is 12.1 Å². The van der Waals surface area contributed by atoms with Crippen LogP contribution in [0.25, 0.3) is 0 Å². The van der Waals surface area contributed by atoms with Gasteiger partial charge in [0, 0.05) is 25.1 Å². The lowest BCUT2D eigenvalue weighted by Crippen LogP contribution is -2.05. The molecule has 1 saturated heterocycles. The van der Waals surface area contributed by atoms with Crippen molar-refractivity contribution in [3.05, 3.63) is 47.9 Å². The smallest absolute Gasteiger partial charge is 0.129 e. The molecule has 0 spiro atoms. The highest BCUT2D eigenvalue weighted by molar-refractivity contribution is 5.38. The van der Waals surface area contributed by atoms with E-state index in [0.29, 0.717) is 12.5 Å². The largest absolute Gasteiger partial charge is 0.508 e. The highest BCUT2D eigenvalue weighted by atomic mass is 16.5. The van der Waals surface area contributed by atoms with Crippen molar-refractivity contribution in [3.8, 4) is 5.75 Å². The molecule has 0 radical (unpaired) electrons. The first kappa shape index (κ1) is 12.9. The van der Waals surface area contributed by atoms with E-state index in [2.05, 4.69) is 15.3 Å².